The summed E-state index contributed by atoms with van der Waals surface area (Å²) in [6.07, 6.45) is 1.90. The zero-order valence-corrected chi connectivity index (χ0v) is 9.67. The van der Waals surface area contributed by atoms with Crippen LogP contribution in [0.3, 0.4) is 0 Å². The molecule has 0 bridgehead atoms. The minimum atomic E-state index is -0.899. The van der Waals surface area contributed by atoms with E-state index in [4.69, 9.17) is 5.11 Å². The predicted octanol–water partition coefficient (Wildman–Crippen LogP) is 1.43. The fourth-order valence-electron chi connectivity index (χ4n) is 1.88. The van der Waals surface area contributed by atoms with E-state index in [1.165, 1.54) is 6.39 Å². The molecule has 90 valence electrons. The average molecular weight is 235 g/mol. The normalized spacial score (nSPS) is 10.7. The molecule has 0 spiro atoms. The third-order valence-electron chi connectivity index (χ3n) is 2.77. The Labute approximate surface area is 97.9 Å². The molecule has 0 saturated carbocycles. The van der Waals surface area contributed by atoms with Crippen molar-refractivity contribution in [2.75, 3.05) is 0 Å². The molecule has 0 aliphatic rings. The number of aryl methyl sites for hydroxylation is 2. The number of aromatic nitrogens is 3. The van der Waals surface area contributed by atoms with Gasteiger partial charge in [-0.05, 0) is 19.9 Å². The van der Waals surface area contributed by atoms with Gasteiger partial charge in [-0.2, -0.15) is 4.98 Å². The van der Waals surface area contributed by atoms with Crippen LogP contribution in [0.25, 0.3) is 0 Å². The van der Waals surface area contributed by atoms with Gasteiger partial charge in [-0.25, -0.2) is 4.79 Å². The zero-order chi connectivity index (χ0) is 12.4. The Hall–Kier alpha value is -2.11. The van der Waals surface area contributed by atoms with Crippen molar-refractivity contribution in [1.29, 1.82) is 0 Å². The van der Waals surface area contributed by atoms with Crippen molar-refractivity contribution in [2.45, 2.75) is 26.8 Å². The Morgan fingerprint density at radius 2 is 2.29 bits per heavy atom. The number of aromatic carboxylic acids is 1. The van der Waals surface area contributed by atoms with Gasteiger partial charge >= 0.3 is 5.97 Å². The summed E-state index contributed by atoms with van der Waals surface area (Å²) in [5, 5.41) is 12.7. The Morgan fingerprint density at radius 3 is 2.82 bits per heavy atom. The van der Waals surface area contributed by atoms with Gasteiger partial charge < -0.3 is 14.2 Å². The zero-order valence-electron chi connectivity index (χ0n) is 9.67. The van der Waals surface area contributed by atoms with Crippen LogP contribution in [0.1, 0.15) is 27.6 Å². The minimum absolute atomic E-state index is 0.343. The molecule has 0 unspecified atom stereocenters. The van der Waals surface area contributed by atoms with Crippen molar-refractivity contribution in [3.63, 3.8) is 0 Å². The lowest BCUT2D eigenvalue weighted by atomic mass is 10.2. The minimum Gasteiger partial charge on any atom is -0.478 e. The Bertz CT molecular complexity index is 528. The SMILES string of the molecule is Cc1cc(C(=O)O)c(C)n1CCc1ncon1. The first kappa shape index (κ1) is 11.4. The number of hydrogen-bond donors (Lipinski definition) is 1. The van der Waals surface area contributed by atoms with Crippen molar-refractivity contribution < 1.29 is 14.4 Å². The van der Waals surface area contributed by atoms with Gasteiger partial charge in [0.05, 0.1) is 5.56 Å². The first-order chi connectivity index (χ1) is 8.09. The van der Waals surface area contributed by atoms with Crippen LogP contribution >= 0.6 is 0 Å². The topological polar surface area (TPSA) is 81.1 Å². The fraction of sp³-hybridized carbons (Fsp3) is 0.364. The average Bonchev–Trinajstić information content (AvgIpc) is 2.86. The van der Waals surface area contributed by atoms with Gasteiger partial charge in [0.1, 0.15) is 0 Å². The standard InChI is InChI=1S/C11H13N3O3/c1-7-5-9(11(15)16)8(2)14(7)4-3-10-12-6-17-13-10/h5-6H,3-4H2,1-2H3,(H,15,16). The molecule has 6 nitrogen and oxygen atoms in total. The van der Waals surface area contributed by atoms with E-state index in [1.54, 1.807) is 13.0 Å². The molecule has 1 N–H and O–H groups in total. The van der Waals surface area contributed by atoms with Gasteiger partial charge in [-0.3, -0.25) is 0 Å². The summed E-state index contributed by atoms with van der Waals surface area (Å²) in [4.78, 5) is 14.9. The lowest BCUT2D eigenvalue weighted by Crippen LogP contribution is -2.07. The van der Waals surface area contributed by atoms with Crippen molar-refractivity contribution in [3.05, 3.63) is 35.2 Å². The summed E-state index contributed by atoms with van der Waals surface area (Å²) >= 11 is 0. The van der Waals surface area contributed by atoms with Crippen LogP contribution in [0.15, 0.2) is 17.0 Å². The summed E-state index contributed by atoms with van der Waals surface area (Å²) < 4.78 is 6.59. The van der Waals surface area contributed by atoms with Gasteiger partial charge in [0.25, 0.3) is 0 Å². The first-order valence-electron chi connectivity index (χ1n) is 5.25. The number of hydrogen-bond acceptors (Lipinski definition) is 4. The molecule has 0 radical (unpaired) electrons. The molecule has 0 saturated heterocycles. The third-order valence-corrected chi connectivity index (χ3v) is 2.77. The van der Waals surface area contributed by atoms with Crippen molar-refractivity contribution in [3.8, 4) is 0 Å². The van der Waals surface area contributed by atoms with Gasteiger partial charge in [0.15, 0.2) is 5.82 Å². The van der Waals surface area contributed by atoms with Crippen LogP contribution in [-0.4, -0.2) is 25.8 Å². The molecule has 6 heteroatoms. The van der Waals surface area contributed by atoms with E-state index in [1.807, 2.05) is 11.5 Å². The van der Waals surface area contributed by atoms with Crippen molar-refractivity contribution in [1.82, 2.24) is 14.7 Å². The lowest BCUT2D eigenvalue weighted by Gasteiger charge is -2.07. The van der Waals surface area contributed by atoms with E-state index in [9.17, 15) is 4.79 Å². The van der Waals surface area contributed by atoms with Crippen LogP contribution in [0, 0.1) is 13.8 Å². The van der Waals surface area contributed by atoms with Crippen LogP contribution in [0.4, 0.5) is 0 Å². The molecule has 2 aromatic heterocycles. The Balaban J connectivity index is 2.18. The summed E-state index contributed by atoms with van der Waals surface area (Å²) in [5.74, 6) is -0.279. The lowest BCUT2D eigenvalue weighted by molar-refractivity contribution is 0.0696. The van der Waals surface area contributed by atoms with Crippen molar-refractivity contribution in [2.24, 2.45) is 0 Å². The molecule has 2 rings (SSSR count). The molecule has 2 aromatic rings. The highest BCUT2D eigenvalue weighted by Crippen LogP contribution is 2.15. The second-order valence-corrected chi connectivity index (χ2v) is 3.84. The van der Waals surface area contributed by atoms with E-state index < -0.39 is 5.97 Å². The van der Waals surface area contributed by atoms with E-state index in [-0.39, 0.29) is 0 Å². The monoisotopic (exact) mass is 235 g/mol. The number of carboxylic acid groups (broad SMARTS) is 1. The fourth-order valence-corrected chi connectivity index (χ4v) is 1.88. The second kappa shape index (κ2) is 4.40. The van der Waals surface area contributed by atoms with Gasteiger partial charge in [0.2, 0.25) is 6.39 Å². The summed E-state index contributed by atoms with van der Waals surface area (Å²) in [6, 6.07) is 1.67. The Morgan fingerprint density at radius 1 is 1.53 bits per heavy atom. The number of carbonyl (C=O) groups is 1. The van der Waals surface area contributed by atoms with E-state index >= 15 is 0 Å². The van der Waals surface area contributed by atoms with E-state index in [0.717, 1.165) is 11.4 Å². The maximum absolute atomic E-state index is 11.0. The third kappa shape index (κ3) is 2.20. The number of carboxylic acids is 1. The van der Waals surface area contributed by atoms with Crippen LogP contribution in [0.2, 0.25) is 0 Å². The van der Waals surface area contributed by atoms with Gasteiger partial charge in [0, 0.05) is 24.4 Å². The summed E-state index contributed by atoms with van der Waals surface area (Å²) in [7, 11) is 0. The largest absolute Gasteiger partial charge is 0.478 e. The summed E-state index contributed by atoms with van der Waals surface area (Å²) in [6.45, 7) is 4.33. The highest BCUT2D eigenvalue weighted by atomic mass is 16.5. The molecule has 0 amide bonds. The van der Waals surface area contributed by atoms with E-state index in [0.29, 0.717) is 24.4 Å². The molecule has 17 heavy (non-hydrogen) atoms. The molecule has 0 fully saturated rings. The maximum Gasteiger partial charge on any atom is 0.337 e. The molecule has 0 aliphatic heterocycles. The highest BCUT2D eigenvalue weighted by molar-refractivity contribution is 5.89. The van der Waals surface area contributed by atoms with Crippen LogP contribution in [0.5, 0.6) is 0 Å². The molecule has 0 atom stereocenters. The molecule has 2 heterocycles. The number of nitrogens with zero attached hydrogens (tertiary/aromatic N) is 3. The summed E-state index contributed by atoms with van der Waals surface area (Å²) in [5.41, 5.74) is 2.01. The van der Waals surface area contributed by atoms with Crippen LogP contribution < -0.4 is 0 Å². The smallest absolute Gasteiger partial charge is 0.337 e. The molecular weight excluding hydrogens is 222 g/mol. The van der Waals surface area contributed by atoms with E-state index in [2.05, 4.69) is 14.7 Å². The van der Waals surface area contributed by atoms with Crippen molar-refractivity contribution >= 4 is 5.97 Å². The second-order valence-electron chi connectivity index (χ2n) is 3.84. The molecular formula is C11H13N3O3. The van der Waals surface area contributed by atoms with Gasteiger partial charge in [-0.15, -0.1) is 0 Å². The number of rotatable bonds is 4. The highest BCUT2D eigenvalue weighted by Gasteiger charge is 2.14. The first-order valence-corrected chi connectivity index (χ1v) is 5.25. The molecule has 0 aromatic carbocycles. The van der Waals surface area contributed by atoms with Gasteiger partial charge in [-0.1, -0.05) is 5.16 Å². The Kier molecular flexibility index (Phi) is 2.95. The predicted molar refractivity (Wildman–Crippen MR) is 58.9 cm³/mol. The molecule has 0 aliphatic carbocycles. The quantitative estimate of drug-likeness (QED) is 0.866. The van der Waals surface area contributed by atoms with Crippen LogP contribution in [-0.2, 0) is 13.0 Å². The maximum atomic E-state index is 11.0.